The Bertz CT molecular complexity index is 643. The third kappa shape index (κ3) is 5.60. The van der Waals surface area contributed by atoms with Crippen LogP contribution in [0.5, 0.6) is 11.5 Å². The Morgan fingerprint density at radius 3 is 2.61 bits per heavy atom. The van der Waals surface area contributed by atoms with E-state index in [2.05, 4.69) is 21.2 Å². The fraction of sp³-hybridized carbons (Fsp3) is 0.278. The van der Waals surface area contributed by atoms with Gasteiger partial charge in [-0.05, 0) is 55.8 Å². The van der Waals surface area contributed by atoms with Gasteiger partial charge in [-0.3, -0.25) is 4.79 Å². The molecule has 0 fully saturated rings. The molecule has 0 saturated carbocycles. The Morgan fingerprint density at radius 1 is 1.17 bits per heavy atom. The average Bonchev–Trinajstić information content (AvgIpc) is 2.55. The third-order valence-corrected chi connectivity index (χ3v) is 3.70. The van der Waals surface area contributed by atoms with E-state index in [1.807, 2.05) is 55.5 Å². The third-order valence-electron chi connectivity index (χ3n) is 3.17. The van der Waals surface area contributed by atoms with Crippen molar-refractivity contribution in [1.82, 2.24) is 5.32 Å². The van der Waals surface area contributed by atoms with Crippen LogP contribution in [-0.4, -0.2) is 18.6 Å². The summed E-state index contributed by atoms with van der Waals surface area (Å²) in [6, 6.07) is 15.1. The number of benzene rings is 2. The predicted octanol–water partition coefficient (Wildman–Crippen LogP) is 3.93. The van der Waals surface area contributed by atoms with Gasteiger partial charge in [0.15, 0.2) is 6.10 Å². The smallest absolute Gasteiger partial charge is 0.261 e. The van der Waals surface area contributed by atoms with Gasteiger partial charge in [-0.1, -0.05) is 28.1 Å². The van der Waals surface area contributed by atoms with E-state index < -0.39 is 6.10 Å². The van der Waals surface area contributed by atoms with Crippen LogP contribution >= 0.6 is 15.9 Å². The van der Waals surface area contributed by atoms with E-state index in [1.165, 1.54) is 0 Å². The van der Waals surface area contributed by atoms with Gasteiger partial charge in [-0.25, -0.2) is 0 Å². The van der Waals surface area contributed by atoms with Crippen LogP contribution in [0.25, 0.3) is 0 Å². The molecule has 2 rings (SSSR count). The van der Waals surface area contributed by atoms with Gasteiger partial charge >= 0.3 is 0 Å². The second-order valence-corrected chi connectivity index (χ2v) is 5.93. The van der Waals surface area contributed by atoms with Gasteiger partial charge in [-0.2, -0.15) is 0 Å². The Kier molecular flexibility index (Phi) is 6.47. The summed E-state index contributed by atoms with van der Waals surface area (Å²) in [6.45, 7) is 4.73. The molecule has 0 saturated heterocycles. The molecule has 1 N–H and O–H groups in total. The molecule has 5 heteroatoms. The molecule has 0 aromatic heterocycles. The molecular formula is C18H20BrNO3. The molecule has 2 aromatic carbocycles. The van der Waals surface area contributed by atoms with Gasteiger partial charge in [0.1, 0.15) is 11.5 Å². The van der Waals surface area contributed by atoms with Gasteiger partial charge in [0.2, 0.25) is 0 Å². The summed E-state index contributed by atoms with van der Waals surface area (Å²) >= 11 is 3.36. The van der Waals surface area contributed by atoms with Crippen molar-refractivity contribution in [3.05, 3.63) is 58.6 Å². The predicted molar refractivity (Wildman–Crippen MR) is 93.7 cm³/mol. The maximum absolute atomic E-state index is 12.1. The lowest BCUT2D eigenvalue weighted by molar-refractivity contribution is -0.127. The zero-order valence-corrected chi connectivity index (χ0v) is 14.8. The second kappa shape index (κ2) is 8.58. The van der Waals surface area contributed by atoms with Crippen LogP contribution in [0.3, 0.4) is 0 Å². The number of amides is 1. The maximum atomic E-state index is 12.1. The number of carbonyl (C=O) groups excluding carboxylic acids is 1. The maximum Gasteiger partial charge on any atom is 0.261 e. The zero-order chi connectivity index (χ0) is 16.7. The van der Waals surface area contributed by atoms with Crippen molar-refractivity contribution in [2.45, 2.75) is 26.5 Å². The van der Waals surface area contributed by atoms with E-state index in [-0.39, 0.29) is 5.91 Å². The topological polar surface area (TPSA) is 47.6 Å². The van der Waals surface area contributed by atoms with Crippen molar-refractivity contribution < 1.29 is 14.3 Å². The summed E-state index contributed by atoms with van der Waals surface area (Å²) in [6.07, 6.45) is -0.564. The van der Waals surface area contributed by atoms with Crippen molar-refractivity contribution in [3.63, 3.8) is 0 Å². The molecule has 1 amide bonds. The first-order valence-electron chi connectivity index (χ1n) is 7.50. The van der Waals surface area contributed by atoms with Crippen LogP contribution < -0.4 is 14.8 Å². The molecule has 1 atom stereocenters. The molecular weight excluding hydrogens is 358 g/mol. The highest BCUT2D eigenvalue weighted by atomic mass is 79.9. The SMILES string of the molecule is CCOc1cccc(CNC(=O)[C@@H](C)Oc2ccc(Br)cc2)c1. The number of carbonyl (C=O) groups is 1. The second-order valence-electron chi connectivity index (χ2n) is 5.01. The lowest BCUT2D eigenvalue weighted by atomic mass is 10.2. The van der Waals surface area contributed by atoms with Crippen LogP contribution in [-0.2, 0) is 11.3 Å². The van der Waals surface area contributed by atoms with Gasteiger partial charge in [-0.15, -0.1) is 0 Å². The van der Waals surface area contributed by atoms with Crippen LogP contribution in [0.2, 0.25) is 0 Å². The highest BCUT2D eigenvalue weighted by Crippen LogP contribution is 2.17. The zero-order valence-electron chi connectivity index (χ0n) is 13.2. The molecule has 0 bridgehead atoms. The molecule has 0 radical (unpaired) electrons. The first-order chi connectivity index (χ1) is 11.1. The van der Waals surface area contributed by atoms with E-state index in [4.69, 9.17) is 9.47 Å². The summed E-state index contributed by atoms with van der Waals surface area (Å²) in [5.74, 6) is 1.31. The summed E-state index contributed by atoms with van der Waals surface area (Å²) in [7, 11) is 0. The largest absolute Gasteiger partial charge is 0.494 e. The fourth-order valence-electron chi connectivity index (χ4n) is 2.02. The number of hydrogen-bond acceptors (Lipinski definition) is 3. The summed E-state index contributed by atoms with van der Waals surface area (Å²) < 4.78 is 12.0. The Morgan fingerprint density at radius 2 is 1.91 bits per heavy atom. The number of rotatable bonds is 7. The quantitative estimate of drug-likeness (QED) is 0.794. The number of hydrogen-bond donors (Lipinski definition) is 1. The molecule has 4 nitrogen and oxygen atoms in total. The molecule has 0 unspecified atom stereocenters. The van der Waals surface area contributed by atoms with Gasteiger partial charge in [0.25, 0.3) is 5.91 Å². The van der Waals surface area contributed by atoms with Gasteiger partial charge in [0.05, 0.1) is 6.61 Å². The lowest BCUT2D eigenvalue weighted by Crippen LogP contribution is -2.35. The first-order valence-corrected chi connectivity index (χ1v) is 8.29. The fourth-order valence-corrected chi connectivity index (χ4v) is 2.28. The van der Waals surface area contributed by atoms with Crippen LogP contribution in [0.4, 0.5) is 0 Å². The monoisotopic (exact) mass is 377 g/mol. The molecule has 2 aromatic rings. The minimum atomic E-state index is -0.564. The van der Waals surface area contributed by atoms with Crippen molar-refractivity contribution >= 4 is 21.8 Å². The van der Waals surface area contributed by atoms with Crippen molar-refractivity contribution in [2.24, 2.45) is 0 Å². The Balaban J connectivity index is 1.86. The normalized spacial score (nSPS) is 11.6. The van der Waals surface area contributed by atoms with E-state index >= 15 is 0 Å². The molecule has 0 aliphatic heterocycles. The highest BCUT2D eigenvalue weighted by molar-refractivity contribution is 9.10. The van der Waals surface area contributed by atoms with E-state index in [1.54, 1.807) is 6.92 Å². The Labute approximate surface area is 144 Å². The van der Waals surface area contributed by atoms with E-state index in [0.29, 0.717) is 18.9 Å². The molecule has 0 aliphatic carbocycles. The van der Waals surface area contributed by atoms with E-state index in [0.717, 1.165) is 15.8 Å². The van der Waals surface area contributed by atoms with Crippen LogP contribution in [0.15, 0.2) is 53.0 Å². The minimum absolute atomic E-state index is 0.158. The first kappa shape index (κ1) is 17.3. The number of nitrogens with one attached hydrogen (secondary N) is 1. The molecule has 0 heterocycles. The molecule has 122 valence electrons. The van der Waals surface area contributed by atoms with Gasteiger partial charge < -0.3 is 14.8 Å². The van der Waals surface area contributed by atoms with Crippen molar-refractivity contribution in [1.29, 1.82) is 0 Å². The molecule has 0 spiro atoms. The number of halogens is 1. The standard InChI is InChI=1S/C18H20BrNO3/c1-3-22-17-6-4-5-14(11-17)12-20-18(21)13(2)23-16-9-7-15(19)8-10-16/h4-11,13H,3,12H2,1-2H3,(H,20,21)/t13-/m1/s1. The summed E-state index contributed by atoms with van der Waals surface area (Å²) in [5, 5.41) is 2.87. The lowest BCUT2D eigenvalue weighted by Gasteiger charge is -2.15. The van der Waals surface area contributed by atoms with E-state index in [9.17, 15) is 4.79 Å². The van der Waals surface area contributed by atoms with Gasteiger partial charge in [0, 0.05) is 11.0 Å². The van der Waals surface area contributed by atoms with Crippen LogP contribution in [0.1, 0.15) is 19.4 Å². The number of ether oxygens (including phenoxy) is 2. The Hall–Kier alpha value is -2.01. The van der Waals surface area contributed by atoms with Crippen molar-refractivity contribution in [3.8, 4) is 11.5 Å². The van der Waals surface area contributed by atoms with Crippen LogP contribution in [0, 0.1) is 0 Å². The molecule has 23 heavy (non-hydrogen) atoms. The van der Waals surface area contributed by atoms with Crippen molar-refractivity contribution in [2.75, 3.05) is 6.61 Å². The highest BCUT2D eigenvalue weighted by Gasteiger charge is 2.14. The average molecular weight is 378 g/mol. The summed E-state index contributed by atoms with van der Waals surface area (Å²) in [4.78, 5) is 12.1. The summed E-state index contributed by atoms with van der Waals surface area (Å²) in [5.41, 5.74) is 0.986. The minimum Gasteiger partial charge on any atom is -0.494 e. The molecule has 0 aliphatic rings.